The van der Waals surface area contributed by atoms with Gasteiger partial charge in [-0.1, -0.05) is 24.1 Å². The topological polar surface area (TPSA) is 60.4 Å². The largest absolute Gasteiger partial charge is 0.457 e. The molecule has 2 bridgehead atoms. The van der Waals surface area contributed by atoms with Gasteiger partial charge in [0.1, 0.15) is 5.78 Å². The number of Topliss-reactive ketones (excluding diaryl/α,β-unsaturated/α-hetero) is 2. The van der Waals surface area contributed by atoms with Crippen LogP contribution in [0.25, 0.3) is 0 Å². The summed E-state index contributed by atoms with van der Waals surface area (Å²) in [5, 5.41) is 0. The van der Waals surface area contributed by atoms with Crippen molar-refractivity contribution in [3.8, 4) is 0 Å². The number of esters is 1. The van der Waals surface area contributed by atoms with Crippen LogP contribution in [0.15, 0.2) is 12.1 Å². The Bertz CT molecular complexity index is 680. The van der Waals surface area contributed by atoms with Gasteiger partial charge in [0.2, 0.25) is 5.78 Å². The van der Waals surface area contributed by atoms with Crippen LogP contribution in [-0.2, 0) is 14.3 Å². The molecule has 2 aliphatic carbocycles. The summed E-state index contributed by atoms with van der Waals surface area (Å²) in [5.74, 6) is -0.349. The van der Waals surface area contributed by atoms with E-state index in [4.69, 9.17) is 4.74 Å². The lowest BCUT2D eigenvalue weighted by atomic mass is 9.67. The van der Waals surface area contributed by atoms with Crippen molar-refractivity contribution in [2.45, 2.75) is 52.9 Å². The summed E-state index contributed by atoms with van der Waals surface area (Å²) in [4.78, 5) is 37.0. The third kappa shape index (κ3) is 3.68. The number of carbonyl (C=O) groups excluding carboxylic acids is 3. The van der Waals surface area contributed by atoms with Gasteiger partial charge in [0.05, 0.1) is 5.92 Å². The number of carbonyl (C=O) groups is 3. The highest BCUT2D eigenvalue weighted by Crippen LogP contribution is 2.40. The van der Waals surface area contributed by atoms with Crippen LogP contribution in [0.2, 0.25) is 0 Å². The lowest BCUT2D eigenvalue weighted by Crippen LogP contribution is -2.39. The quantitative estimate of drug-likeness (QED) is 0.618. The molecule has 0 heterocycles. The average Bonchev–Trinajstić information content (AvgIpc) is 2.51. The first-order chi connectivity index (χ1) is 11.9. The Morgan fingerprint density at radius 1 is 1.04 bits per heavy atom. The van der Waals surface area contributed by atoms with Gasteiger partial charge < -0.3 is 4.74 Å². The maximum absolute atomic E-state index is 12.5. The minimum atomic E-state index is -0.319. The van der Waals surface area contributed by atoms with Crippen molar-refractivity contribution in [3.05, 3.63) is 34.4 Å². The number of fused-ring (bicyclic) bond motifs is 2. The first kappa shape index (κ1) is 17.8. The smallest absolute Gasteiger partial charge is 0.309 e. The van der Waals surface area contributed by atoms with Crippen LogP contribution >= 0.6 is 0 Å². The number of hydrogen-bond acceptors (Lipinski definition) is 4. The second kappa shape index (κ2) is 7.11. The molecule has 2 saturated carbocycles. The van der Waals surface area contributed by atoms with Gasteiger partial charge in [-0.3, -0.25) is 14.4 Å². The molecule has 0 unspecified atom stereocenters. The number of ether oxygens (including phenoxy) is 1. The first-order valence-corrected chi connectivity index (χ1v) is 9.18. The van der Waals surface area contributed by atoms with E-state index in [1.807, 2.05) is 32.9 Å². The van der Waals surface area contributed by atoms with E-state index < -0.39 is 0 Å². The number of aryl methyl sites for hydroxylation is 3. The number of hydrogen-bond donors (Lipinski definition) is 0. The fraction of sp³-hybridized carbons (Fsp3) is 0.571. The molecule has 25 heavy (non-hydrogen) atoms. The van der Waals surface area contributed by atoms with Crippen LogP contribution in [0.5, 0.6) is 0 Å². The van der Waals surface area contributed by atoms with Crippen LogP contribution in [0, 0.1) is 38.5 Å². The van der Waals surface area contributed by atoms with Crippen LogP contribution in [-0.4, -0.2) is 24.1 Å². The minimum absolute atomic E-state index is 0.0161. The van der Waals surface area contributed by atoms with Crippen molar-refractivity contribution in [2.75, 3.05) is 6.61 Å². The number of benzene rings is 1. The molecule has 0 aromatic heterocycles. The second-order valence-corrected chi connectivity index (χ2v) is 7.70. The minimum Gasteiger partial charge on any atom is -0.457 e. The Kier molecular flexibility index (Phi) is 5.07. The fourth-order valence-corrected chi connectivity index (χ4v) is 4.62. The summed E-state index contributed by atoms with van der Waals surface area (Å²) in [5.41, 5.74) is 3.59. The fourth-order valence-electron chi connectivity index (χ4n) is 4.62. The Hall–Kier alpha value is -1.97. The Balaban J connectivity index is 1.61. The van der Waals surface area contributed by atoms with Gasteiger partial charge in [0.25, 0.3) is 0 Å². The number of ketones is 2. The monoisotopic (exact) mass is 342 g/mol. The predicted octanol–water partition coefficient (Wildman–Crippen LogP) is 3.73. The molecule has 0 radical (unpaired) electrons. The van der Waals surface area contributed by atoms with Crippen molar-refractivity contribution in [1.82, 2.24) is 0 Å². The molecular formula is C21H26O4. The molecule has 1 aromatic carbocycles. The predicted molar refractivity (Wildman–Crippen MR) is 94.5 cm³/mol. The molecule has 2 fully saturated rings. The molecular weight excluding hydrogens is 316 g/mol. The van der Waals surface area contributed by atoms with E-state index in [2.05, 4.69) is 0 Å². The van der Waals surface area contributed by atoms with Gasteiger partial charge in [0, 0.05) is 17.4 Å². The molecule has 2 aliphatic rings. The summed E-state index contributed by atoms with van der Waals surface area (Å²) >= 11 is 0. The lowest BCUT2D eigenvalue weighted by Gasteiger charge is -2.36. The molecule has 0 amide bonds. The van der Waals surface area contributed by atoms with Crippen molar-refractivity contribution < 1.29 is 19.1 Å². The summed E-state index contributed by atoms with van der Waals surface area (Å²) < 4.78 is 5.34. The molecule has 1 aromatic rings. The molecule has 0 N–H and O–H groups in total. The van der Waals surface area contributed by atoms with Gasteiger partial charge in [-0.05, 0) is 57.6 Å². The zero-order valence-electron chi connectivity index (χ0n) is 15.3. The zero-order chi connectivity index (χ0) is 18.1. The molecule has 4 heteroatoms. The highest BCUT2D eigenvalue weighted by Gasteiger charge is 2.41. The van der Waals surface area contributed by atoms with Crippen molar-refractivity contribution in [2.24, 2.45) is 17.8 Å². The summed E-state index contributed by atoms with van der Waals surface area (Å²) in [6.45, 7) is 5.59. The zero-order valence-corrected chi connectivity index (χ0v) is 15.3. The molecule has 0 spiro atoms. The van der Waals surface area contributed by atoms with Gasteiger partial charge in [-0.15, -0.1) is 0 Å². The van der Waals surface area contributed by atoms with Gasteiger partial charge >= 0.3 is 5.97 Å². The highest BCUT2D eigenvalue weighted by atomic mass is 16.5. The van der Waals surface area contributed by atoms with E-state index in [9.17, 15) is 14.4 Å². The molecule has 134 valence electrons. The third-order valence-corrected chi connectivity index (χ3v) is 5.68. The van der Waals surface area contributed by atoms with Crippen molar-refractivity contribution in [1.29, 1.82) is 0 Å². The normalized spacial score (nSPS) is 25.6. The van der Waals surface area contributed by atoms with Crippen LogP contribution in [0.4, 0.5) is 0 Å². The first-order valence-electron chi connectivity index (χ1n) is 9.18. The number of rotatable bonds is 4. The standard InChI is InChI=1S/C21H26O4/c1-12-7-13(2)19(14(3)8-12)18(22)11-25-21(24)17-9-15-5-4-6-16(10-17)20(15)23/h7-8,15-17H,4-6,9-11H2,1-3H3/t15-,16-/m0/s1. The Morgan fingerprint density at radius 3 is 2.16 bits per heavy atom. The van der Waals surface area contributed by atoms with E-state index in [1.165, 1.54) is 0 Å². The SMILES string of the molecule is Cc1cc(C)c(C(=O)COC(=O)C2C[C@@H]3CCC[C@@H](C2)C3=O)c(C)c1. The third-order valence-electron chi connectivity index (χ3n) is 5.68. The van der Waals surface area contributed by atoms with Gasteiger partial charge in [-0.25, -0.2) is 0 Å². The van der Waals surface area contributed by atoms with E-state index in [1.54, 1.807) is 0 Å². The van der Waals surface area contributed by atoms with Gasteiger partial charge in [-0.2, -0.15) is 0 Å². The maximum atomic E-state index is 12.5. The van der Waals surface area contributed by atoms with Gasteiger partial charge in [0.15, 0.2) is 6.61 Å². The van der Waals surface area contributed by atoms with Crippen LogP contribution < -0.4 is 0 Å². The van der Waals surface area contributed by atoms with Crippen molar-refractivity contribution >= 4 is 17.5 Å². The second-order valence-electron chi connectivity index (χ2n) is 7.70. The Morgan fingerprint density at radius 2 is 1.60 bits per heavy atom. The van der Waals surface area contributed by atoms with E-state index in [-0.39, 0.29) is 36.1 Å². The summed E-state index contributed by atoms with van der Waals surface area (Å²) in [6.07, 6.45) is 4.03. The molecule has 2 atom stereocenters. The molecule has 3 rings (SSSR count). The van der Waals surface area contributed by atoms with E-state index in [0.29, 0.717) is 24.2 Å². The van der Waals surface area contributed by atoms with Crippen molar-refractivity contribution in [3.63, 3.8) is 0 Å². The lowest BCUT2D eigenvalue weighted by molar-refractivity contribution is -0.152. The Labute approximate surface area is 148 Å². The molecule has 0 aliphatic heterocycles. The van der Waals surface area contributed by atoms with Crippen LogP contribution in [0.1, 0.15) is 59.2 Å². The van der Waals surface area contributed by atoms with E-state index in [0.717, 1.165) is 36.0 Å². The maximum Gasteiger partial charge on any atom is 0.309 e. The highest BCUT2D eigenvalue weighted by molar-refractivity contribution is 6.00. The molecule has 0 saturated heterocycles. The summed E-state index contributed by atoms with van der Waals surface area (Å²) in [6, 6.07) is 3.94. The molecule has 4 nitrogen and oxygen atoms in total. The van der Waals surface area contributed by atoms with E-state index >= 15 is 0 Å². The summed E-state index contributed by atoms with van der Waals surface area (Å²) in [7, 11) is 0. The van der Waals surface area contributed by atoms with Crippen LogP contribution in [0.3, 0.4) is 0 Å². The average molecular weight is 342 g/mol.